The van der Waals surface area contributed by atoms with Crippen LogP contribution in [0.15, 0.2) is 108 Å². The Morgan fingerprint density at radius 3 is 2.23 bits per heavy atom. The highest BCUT2D eigenvalue weighted by Crippen LogP contribution is 2.39. The zero-order chi connectivity index (χ0) is 25.0. The number of allylic oxidation sites excluding steroid dienone is 10. The second-order valence-electron chi connectivity index (χ2n) is 10.8. The Balaban J connectivity index is 1.45. The lowest BCUT2D eigenvalue weighted by atomic mass is 9.81. The van der Waals surface area contributed by atoms with E-state index in [0.717, 1.165) is 5.57 Å². The van der Waals surface area contributed by atoms with Crippen LogP contribution in [-0.4, -0.2) is 30.2 Å². The number of quaternary nitrogens is 1. The molecule has 1 aliphatic carbocycles. The molecule has 5 rings (SSSR count). The van der Waals surface area contributed by atoms with Crippen molar-refractivity contribution in [1.29, 1.82) is 0 Å². The van der Waals surface area contributed by atoms with Gasteiger partial charge in [-0.05, 0) is 69.7 Å². The van der Waals surface area contributed by atoms with Gasteiger partial charge in [0.2, 0.25) is 5.69 Å². The first-order valence-corrected chi connectivity index (χ1v) is 12.3. The van der Waals surface area contributed by atoms with Crippen molar-refractivity contribution < 1.29 is 14.3 Å². The standard InChI is InChI=1S/C32H33N2O/c1-31(2)24-11-7-9-13-26(24)33(5)29(31)19-16-22-15-18-28(35)23(21-22)17-20-30-32(3,4)25-12-8-10-14-27(25)34(30)6/h7-21H,1-6H3/q+1/p+1. The molecule has 2 aromatic carbocycles. The summed E-state index contributed by atoms with van der Waals surface area (Å²) in [5.74, 6) is 0.0448. The molecular formula is C32H34N2O+2. The number of likely N-dealkylation sites (N-methyl/N-ethyl adjacent to an activating group) is 1. The van der Waals surface area contributed by atoms with Crippen LogP contribution in [0.25, 0.3) is 0 Å². The Morgan fingerprint density at radius 2 is 1.51 bits per heavy atom. The lowest BCUT2D eigenvalue weighted by Gasteiger charge is -2.18. The van der Waals surface area contributed by atoms with Crippen molar-refractivity contribution in [2.75, 3.05) is 14.1 Å². The number of hydrogen-bond acceptors (Lipinski definition) is 1. The number of fused-ring (bicyclic) bond motifs is 2. The SMILES string of the molecule is C[N+]1=C(C=CC2=CC(=CC=C3[NH+](C)c4ccccc4C3(C)C)C(=O)C=C2)C(C)(C)c2ccccc21. The molecule has 1 unspecified atom stereocenters. The Bertz CT molecular complexity index is 1420. The number of nitrogens with zero attached hydrogens (tertiary/aromatic N) is 1. The molecule has 2 aromatic rings. The molecule has 0 saturated heterocycles. The van der Waals surface area contributed by atoms with Gasteiger partial charge < -0.3 is 0 Å². The highest BCUT2D eigenvalue weighted by atomic mass is 16.1. The van der Waals surface area contributed by atoms with Crippen molar-refractivity contribution in [1.82, 2.24) is 0 Å². The summed E-state index contributed by atoms with van der Waals surface area (Å²) in [7, 11) is 4.30. The third kappa shape index (κ3) is 3.71. The van der Waals surface area contributed by atoms with Gasteiger partial charge in [-0.3, -0.25) is 9.69 Å². The fourth-order valence-electron chi connectivity index (χ4n) is 5.90. The summed E-state index contributed by atoms with van der Waals surface area (Å²) in [6.45, 7) is 9.05. The van der Waals surface area contributed by atoms with Crippen LogP contribution in [0.1, 0.15) is 38.8 Å². The molecule has 0 radical (unpaired) electrons. The van der Waals surface area contributed by atoms with Crippen LogP contribution >= 0.6 is 0 Å². The minimum atomic E-state index is -0.0813. The lowest BCUT2D eigenvalue weighted by Crippen LogP contribution is -3.01. The van der Waals surface area contributed by atoms with Crippen LogP contribution in [0.5, 0.6) is 0 Å². The second kappa shape index (κ2) is 8.28. The molecule has 3 aliphatic rings. The largest absolute Gasteiger partial charge is 0.289 e. The molecule has 1 N–H and O–H groups in total. The molecule has 0 aromatic heterocycles. The van der Waals surface area contributed by atoms with Crippen molar-refractivity contribution in [2.45, 2.75) is 38.5 Å². The van der Waals surface area contributed by atoms with Crippen molar-refractivity contribution in [3.63, 3.8) is 0 Å². The molecule has 0 amide bonds. The average Bonchev–Trinajstić information content (AvgIpc) is 3.16. The third-order valence-corrected chi connectivity index (χ3v) is 7.92. The van der Waals surface area contributed by atoms with E-state index in [-0.39, 0.29) is 16.6 Å². The zero-order valence-electron chi connectivity index (χ0n) is 21.5. The van der Waals surface area contributed by atoms with Crippen LogP contribution in [0.2, 0.25) is 0 Å². The molecular weight excluding hydrogens is 428 g/mol. The predicted octanol–water partition coefficient (Wildman–Crippen LogP) is 5.26. The van der Waals surface area contributed by atoms with Crippen LogP contribution in [0.4, 0.5) is 11.4 Å². The van der Waals surface area contributed by atoms with E-state index in [0.29, 0.717) is 5.57 Å². The van der Waals surface area contributed by atoms with Gasteiger partial charge in [0.05, 0.1) is 17.9 Å². The van der Waals surface area contributed by atoms with Crippen molar-refractivity contribution in [3.05, 3.63) is 119 Å². The highest BCUT2D eigenvalue weighted by Gasteiger charge is 2.43. The first-order chi connectivity index (χ1) is 16.6. The first kappa shape index (κ1) is 23.2. The number of benzene rings is 2. The first-order valence-electron chi connectivity index (χ1n) is 12.3. The summed E-state index contributed by atoms with van der Waals surface area (Å²) < 4.78 is 2.27. The number of hydrogen-bond donors (Lipinski definition) is 1. The van der Waals surface area contributed by atoms with Crippen LogP contribution in [0.3, 0.4) is 0 Å². The summed E-state index contributed by atoms with van der Waals surface area (Å²) >= 11 is 0. The molecule has 0 saturated carbocycles. The zero-order valence-corrected chi connectivity index (χ0v) is 21.5. The van der Waals surface area contributed by atoms with E-state index < -0.39 is 0 Å². The molecule has 35 heavy (non-hydrogen) atoms. The van der Waals surface area contributed by atoms with Gasteiger partial charge in [-0.25, -0.2) is 0 Å². The summed E-state index contributed by atoms with van der Waals surface area (Å²) in [5.41, 5.74) is 9.33. The molecule has 0 spiro atoms. The van der Waals surface area contributed by atoms with E-state index in [1.165, 1.54) is 38.8 Å². The minimum absolute atomic E-state index is 0.0448. The van der Waals surface area contributed by atoms with E-state index >= 15 is 0 Å². The van der Waals surface area contributed by atoms with Gasteiger partial charge in [0.15, 0.2) is 11.5 Å². The van der Waals surface area contributed by atoms with Crippen molar-refractivity contribution >= 4 is 22.9 Å². The maximum absolute atomic E-state index is 12.7. The Morgan fingerprint density at radius 1 is 0.829 bits per heavy atom. The molecule has 0 fully saturated rings. The maximum Gasteiger partial charge on any atom is 0.209 e. The fourth-order valence-corrected chi connectivity index (χ4v) is 5.90. The highest BCUT2D eigenvalue weighted by molar-refractivity contribution is 6.08. The fraction of sp³-hybridized carbons (Fsp3) is 0.250. The lowest BCUT2D eigenvalue weighted by molar-refractivity contribution is -0.764. The van der Waals surface area contributed by atoms with E-state index in [1.807, 2.05) is 18.2 Å². The number of para-hydroxylation sites is 2. The van der Waals surface area contributed by atoms with E-state index in [2.05, 4.69) is 113 Å². The molecule has 2 aliphatic heterocycles. The molecule has 3 heteroatoms. The minimum Gasteiger partial charge on any atom is -0.289 e. The molecule has 2 heterocycles. The smallest absolute Gasteiger partial charge is 0.209 e. The van der Waals surface area contributed by atoms with E-state index in [1.54, 1.807) is 6.08 Å². The summed E-state index contributed by atoms with van der Waals surface area (Å²) in [5, 5.41) is 0. The molecule has 0 bridgehead atoms. The van der Waals surface area contributed by atoms with Crippen LogP contribution in [0, 0.1) is 0 Å². The van der Waals surface area contributed by atoms with Gasteiger partial charge in [-0.15, -0.1) is 0 Å². The maximum atomic E-state index is 12.7. The Kier molecular flexibility index (Phi) is 5.49. The predicted molar refractivity (Wildman–Crippen MR) is 144 cm³/mol. The monoisotopic (exact) mass is 462 g/mol. The molecule has 176 valence electrons. The molecule has 1 atom stereocenters. The van der Waals surface area contributed by atoms with Gasteiger partial charge in [0.25, 0.3) is 0 Å². The second-order valence-corrected chi connectivity index (χ2v) is 10.8. The quantitative estimate of drug-likeness (QED) is 0.488. The van der Waals surface area contributed by atoms with Gasteiger partial charge >= 0.3 is 0 Å². The third-order valence-electron chi connectivity index (χ3n) is 7.92. The summed E-state index contributed by atoms with van der Waals surface area (Å²) in [4.78, 5) is 14.0. The topological polar surface area (TPSA) is 24.5 Å². The van der Waals surface area contributed by atoms with E-state index in [4.69, 9.17) is 0 Å². The van der Waals surface area contributed by atoms with Gasteiger partial charge in [0, 0.05) is 28.8 Å². The number of nitrogens with one attached hydrogen (secondary N) is 1. The average molecular weight is 463 g/mol. The molecule has 3 nitrogen and oxygen atoms in total. The number of rotatable bonds is 3. The van der Waals surface area contributed by atoms with E-state index in [9.17, 15) is 4.79 Å². The number of carbonyl (C=O) groups is 1. The van der Waals surface area contributed by atoms with Crippen molar-refractivity contribution in [3.8, 4) is 0 Å². The number of carbonyl (C=O) groups excluding carboxylic acids is 1. The van der Waals surface area contributed by atoms with Crippen LogP contribution in [-0.2, 0) is 15.6 Å². The van der Waals surface area contributed by atoms with Crippen molar-refractivity contribution in [2.24, 2.45) is 0 Å². The Hall–Kier alpha value is -3.56. The summed E-state index contributed by atoms with van der Waals surface area (Å²) in [6.07, 6.45) is 14.0. The van der Waals surface area contributed by atoms with Gasteiger partial charge in [-0.2, -0.15) is 4.58 Å². The van der Waals surface area contributed by atoms with Gasteiger partial charge in [-0.1, -0.05) is 42.5 Å². The number of ketones is 1. The summed E-state index contributed by atoms with van der Waals surface area (Å²) in [6, 6.07) is 17.2. The van der Waals surface area contributed by atoms with Crippen LogP contribution < -0.4 is 4.90 Å². The normalized spacial score (nSPS) is 24.5. The van der Waals surface area contributed by atoms with Gasteiger partial charge in [0.1, 0.15) is 18.4 Å². The Labute approximate surface area is 208 Å².